The zero-order valence-electron chi connectivity index (χ0n) is 17.5. The van der Waals surface area contributed by atoms with E-state index in [1.54, 1.807) is 24.4 Å². The Balaban J connectivity index is 1.40. The number of thiophene rings is 1. The molecular weight excluding hydrogens is 416 g/mol. The van der Waals surface area contributed by atoms with Crippen molar-refractivity contribution in [3.63, 3.8) is 0 Å². The van der Waals surface area contributed by atoms with Gasteiger partial charge in [-0.05, 0) is 56.7 Å². The van der Waals surface area contributed by atoms with Crippen LogP contribution in [0.1, 0.15) is 39.6 Å². The second-order valence-electron chi connectivity index (χ2n) is 7.58. The van der Waals surface area contributed by atoms with Gasteiger partial charge in [0.25, 0.3) is 11.8 Å². The fourth-order valence-corrected chi connectivity index (χ4v) is 4.51. The minimum atomic E-state index is -0.357. The van der Waals surface area contributed by atoms with Gasteiger partial charge in [-0.2, -0.15) is 0 Å². The van der Waals surface area contributed by atoms with Gasteiger partial charge in [0.2, 0.25) is 0 Å². The number of morpholine rings is 1. The molecule has 9 heteroatoms. The van der Waals surface area contributed by atoms with E-state index in [0.717, 1.165) is 24.5 Å². The lowest BCUT2D eigenvalue weighted by Crippen LogP contribution is -2.45. The molecule has 162 valence electrons. The first-order valence-corrected chi connectivity index (χ1v) is 10.8. The van der Waals surface area contributed by atoms with E-state index in [0.29, 0.717) is 15.6 Å². The molecule has 3 aromatic heterocycles. The van der Waals surface area contributed by atoms with Crippen LogP contribution in [-0.4, -0.2) is 42.1 Å². The second kappa shape index (κ2) is 8.91. The van der Waals surface area contributed by atoms with Crippen molar-refractivity contribution in [2.75, 3.05) is 28.6 Å². The Morgan fingerprint density at radius 3 is 2.55 bits per heavy atom. The SMILES string of the molecule is Cc1cc(NC(=O)c2ccco2)sc1C(=O)Nc1ccc(N2CC(C)OC(C)C2)nc1. The average Bonchev–Trinajstić information content (AvgIpc) is 3.38. The number of furan rings is 1. The minimum Gasteiger partial charge on any atom is -0.459 e. The fourth-order valence-electron chi connectivity index (χ4n) is 3.55. The Labute approximate surface area is 184 Å². The van der Waals surface area contributed by atoms with Crippen LogP contribution in [0.5, 0.6) is 0 Å². The van der Waals surface area contributed by atoms with E-state index < -0.39 is 0 Å². The molecule has 8 nitrogen and oxygen atoms in total. The molecule has 0 aromatic carbocycles. The van der Waals surface area contributed by atoms with E-state index >= 15 is 0 Å². The summed E-state index contributed by atoms with van der Waals surface area (Å²) in [5.74, 6) is 0.469. The molecule has 0 bridgehead atoms. The molecule has 0 radical (unpaired) electrons. The highest BCUT2D eigenvalue weighted by Gasteiger charge is 2.23. The van der Waals surface area contributed by atoms with Crippen LogP contribution in [0.25, 0.3) is 0 Å². The molecule has 0 spiro atoms. The lowest BCUT2D eigenvalue weighted by molar-refractivity contribution is -0.00545. The molecule has 2 amide bonds. The molecule has 3 aromatic rings. The third-order valence-electron chi connectivity index (χ3n) is 4.86. The number of aromatic nitrogens is 1. The molecule has 1 aliphatic rings. The van der Waals surface area contributed by atoms with Crippen LogP contribution in [0.3, 0.4) is 0 Å². The van der Waals surface area contributed by atoms with Crippen molar-refractivity contribution in [3.05, 3.63) is 59.0 Å². The highest BCUT2D eigenvalue weighted by molar-refractivity contribution is 7.18. The summed E-state index contributed by atoms with van der Waals surface area (Å²) in [6, 6.07) is 8.73. The molecule has 1 saturated heterocycles. The average molecular weight is 441 g/mol. The van der Waals surface area contributed by atoms with Gasteiger partial charge in [0.05, 0.1) is 40.2 Å². The maximum Gasteiger partial charge on any atom is 0.291 e. The van der Waals surface area contributed by atoms with E-state index in [1.807, 2.05) is 32.9 Å². The first kappa shape index (κ1) is 21.1. The molecule has 1 aliphatic heterocycles. The Hall–Kier alpha value is -3.17. The molecular formula is C22H24N4O4S. The number of hydrogen-bond donors (Lipinski definition) is 2. The van der Waals surface area contributed by atoms with Crippen molar-refractivity contribution in [1.82, 2.24) is 4.98 Å². The number of ether oxygens (including phenoxy) is 1. The highest BCUT2D eigenvalue weighted by Crippen LogP contribution is 2.28. The topological polar surface area (TPSA) is 96.7 Å². The van der Waals surface area contributed by atoms with Crippen LogP contribution in [0.2, 0.25) is 0 Å². The normalized spacial score (nSPS) is 18.6. The Kier molecular flexibility index (Phi) is 6.06. The van der Waals surface area contributed by atoms with Gasteiger partial charge in [-0.15, -0.1) is 11.3 Å². The lowest BCUT2D eigenvalue weighted by atomic mass is 10.2. The maximum absolute atomic E-state index is 12.7. The van der Waals surface area contributed by atoms with Gasteiger partial charge >= 0.3 is 0 Å². The predicted molar refractivity (Wildman–Crippen MR) is 120 cm³/mol. The number of pyridine rings is 1. The summed E-state index contributed by atoms with van der Waals surface area (Å²) in [4.78, 5) is 32.1. The number of anilines is 3. The molecule has 4 rings (SSSR count). The van der Waals surface area contributed by atoms with Gasteiger partial charge < -0.3 is 24.7 Å². The van der Waals surface area contributed by atoms with Gasteiger partial charge in [-0.25, -0.2) is 4.98 Å². The summed E-state index contributed by atoms with van der Waals surface area (Å²) >= 11 is 1.21. The monoisotopic (exact) mass is 440 g/mol. The molecule has 4 heterocycles. The molecule has 2 N–H and O–H groups in total. The summed E-state index contributed by atoms with van der Waals surface area (Å²) in [6.07, 6.45) is 3.39. The summed E-state index contributed by atoms with van der Waals surface area (Å²) in [6.45, 7) is 7.49. The number of nitrogens with zero attached hydrogens (tertiary/aromatic N) is 2. The van der Waals surface area contributed by atoms with Gasteiger partial charge in [0, 0.05) is 13.1 Å². The van der Waals surface area contributed by atoms with Gasteiger partial charge in [-0.1, -0.05) is 0 Å². The Morgan fingerprint density at radius 1 is 1.13 bits per heavy atom. The van der Waals surface area contributed by atoms with E-state index in [1.165, 1.54) is 17.6 Å². The quantitative estimate of drug-likeness (QED) is 0.618. The standard InChI is InChI=1S/C22H24N4O4S/c1-13-9-19(25-21(27)17-5-4-8-29-17)31-20(13)22(28)24-16-6-7-18(23-10-16)26-11-14(2)30-15(3)12-26/h4-10,14-15H,11-12H2,1-3H3,(H,24,28)(H,25,27). The van der Waals surface area contributed by atoms with Crippen molar-refractivity contribution in [3.8, 4) is 0 Å². The van der Waals surface area contributed by atoms with Crippen molar-refractivity contribution >= 4 is 39.7 Å². The number of carbonyl (C=O) groups is 2. The summed E-state index contributed by atoms with van der Waals surface area (Å²) < 4.78 is 10.9. The molecule has 31 heavy (non-hydrogen) atoms. The third kappa shape index (κ3) is 4.95. The van der Waals surface area contributed by atoms with Crippen LogP contribution in [-0.2, 0) is 4.74 Å². The third-order valence-corrected chi connectivity index (χ3v) is 6.01. The largest absolute Gasteiger partial charge is 0.459 e. The van der Waals surface area contributed by atoms with Crippen LogP contribution in [0.4, 0.5) is 16.5 Å². The number of aryl methyl sites for hydroxylation is 1. The zero-order chi connectivity index (χ0) is 22.0. The predicted octanol–water partition coefficient (Wildman–Crippen LogP) is 4.16. The van der Waals surface area contributed by atoms with Gasteiger partial charge in [0.15, 0.2) is 5.76 Å². The number of hydrogen-bond acceptors (Lipinski definition) is 7. The van der Waals surface area contributed by atoms with E-state index in [9.17, 15) is 9.59 Å². The van der Waals surface area contributed by atoms with Crippen LogP contribution < -0.4 is 15.5 Å². The van der Waals surface area contributed by atoms with E-state index in [-0.39, 0.29) is 29.8 Å². The molecule has 1 fully saturated rings. The molecule has 2 atom stereocenters. The summed E-state index contributed by atoms with van der Waals surface area (Å²) in [5.41, 5.74) is 1.38. The van der Waals surface area contributed by atoms with Gasteiger partial charge in [0.1, 0.15) is 5.82 Å². The van der Waals surface area contributed by atoms with Crippen LogP contribution >= 0.6 is 11.3 Å². The second-order valence-corrected chi connectivity index (χ2v) is 8.63. The first-order valence-electron chi connectivity index (χ1n) is 10.0. The number of nitrogens with one attached hydrogen (secondary N) is 2. The summed E-state index contributed by atoms with van der Waals surface area (Å²) in [5, 5.41) is 6.21. The fraction of sp³-hybridized carbons (Fsp3) is 0.318. The lowest BCUT2D eigenvalue weighted by Gasteiger charge is -2.36. The Morgan fingerprint density at radius 2 is 1.90 bits per heavy atom. The minimum absolute atomic E-state index is 0.147. The maximum atomic E-state index is 12.7. The zero-order valence-corrected chi connectivity index (χ0v) is 18.4. The van der Waals surface area contributed by atoms with Crippen LogP contribution in [0.15, 0.2) is 47.2 Å². The Bertz CT molecular complexity index is 1050. The molecule has 0 aliphatic carbocycles. The number of carbonyl (C=O) groups excluding carboxylic acids is 2. The van der Waals surface area contributed by atoms with Crippen molar-refractivity contribution < 1.29 is 18.7 Å². The van der Waals surface area contributed by atoms with Crippen molar-refractivity contribution in [2.24, 2.45) is 0 Å². The van der Waals surface area contributed by atoms with Crippen molar-refractivity contribution in [1.29, 1.82) is 0 Å². The first-order chi connectivity index (χ1) is 14.9. The van der Waals surface area contributed by atoms with Crippen LogP contribution in [0, 0.1) is 6.92 Å². The van der Waals surface area contributed by atoms with Crippen molar-refractivity contribution in [2.45, 2.75) is 33.0 Å². The number of amides is 2. The summed E-state index contributed by atoms with van der Waals surface area (Å²) in [7, 11) is 0. The van der Waals surface area contributed by atoms with E-state index in [2.05, 4.69) is 20.5 Å². The molecule has 0 saturated carbocycles. The smallest absolute Gasteiger partial charge is 0.291 e. The van der Waals surface area contributed by atoms with Gasteiger partial charge in [-0.3, -0.25) is 9.59 Å². The number of rotatable bonds is 5. The molecule has 2 unspecified atom stereocenters. The van der Waals surface area contributed by atoms with E-state index in [4.69, 9.17) is 9.15 Å². The highest BCUT2D eigenvalue weighted by atomic mass is 32.1.